The van der Waals surface area contributed by atoms with E-state index in [2.05, 4.69) is 17.3 Å². The lowest BCUT2D eigenvalue weighted by Gasteiger charge is -2.13. The first-order valence-corrected chi connectivity index (χ1v) is 6.62. The molecule has 2 N–H and O–H groups in total. The number of hydrogen-bond acceptors (Lipinski definition) is 3. The van der Waals surface area contributed by atoms with Crippen LogP contribution in [0.25, 0.3) is 0 Å². The lowest BCUT2D eigenvalue weighted by molar-refractivity contribution is 0.474. The van der Waals surface area contributed by atoms with E-state index in [4.69, 9.17) is 0 Å². The standard InChI is InChI=1S/C15H21N3O/c1-12(16-9-14-10-17-18(2)11-14)3-4-13-5-7-15(19)8-6-13/h5-8,10-12,16,19H,3-4,9H2,1-2H3. The van der Waals surface area contributed by atoms with E-state index >= 15 is 0 Å². The van der Waals surface area contributed by atoms with Crippen molar-refractivity contribution in [3.05, 3.63) is 47.8 Å². The summed E-state index contributed by atoms with van der Waals surface area (Å²) in [7, 11) is 1.93. The second-order valence-electron chi connectivity index (χ2n) is 5.01. The minimum Gasteiger partial charge on any atom is -0.508 e. The van der Waals surface area contributed by atoms with Crippen molar-refractivity contribution in [1.82, 2.24) is 15.1 Å². The number of nitrogens with one attached hydrogen (secondary N) is 1. The van der Waals surface area contributed by atoms with E-state index in [1.165, 1.54) is 11.1 Å². The topological polar surface area (TPSA) is 50.1 Å². The fourth-order valence-electron chi connectivity index (χ4n) is 2.00. The van der Waals surface area contributed by atoms with Crippen LogP contribution in [0.5, 0.6) is 5.75 Å². The average molecular weight is 259 g/mol. The highest BCUT2D eigenvalue weighted by Crippen LogP contribution is 2.12. The monoisotopic (exact) mass is 259 g/mol. The number of aromatic nitrogens is 2. The molecule has 4 heteroatoms. The smallest absolute Gasteiger partial charge is 0.115 e. The summed E-state index contributed by atoms with van der Waals surface area (Å²) in [6.07, 6.45) is 6.01. The molecule has 1 aromatic heterocycles. The number of aryl methyl sites for hydroxylation is 2. The van der Waals surface area contributed by atoms with Crippen LogP contribution in [0.4, 0.5) is 0 Å². The summed E-state index contributed by atoms with van der Waals surface area (Å²) in [5, 5.41) is 16.9. The number of phenolic OH excluding ortho intramolecular Hbond substituents is 1. The van der Waals surface area contributed by atoms with Crippen LogP contribution in [0, 0.1) is 0 Å². The molecule has 0 spiro atoms. The minimum atomic E-state index is 0.325. The van der Waals surface area contributed by atoms with Crippen molar-refractivity contribution < 1.29 is 5.11 Å². The summed E-state index contributed by atoms with van der Waals surface area (Å²) in [6.45, 7) is 3.04. The SMILES string of the molecule is CC(CCc1ccc(O)cc1)NCc1cnn(C)c1. The fraction of sp³-hybridized carbons (Fsp3) is 0.400. The Labute approximate surface area is 114 Å². The first-order chi connectivity index (χ1) is 9.13. The van der Waals surface area contributed by atoms with Gasteiger partial charge in [0.15, 0.2) is 0 Å². The van der Waals surface area contributed by atoms with E-state index in [0.717, 1.165) is 19.4 Å². The summed E-state index contributed by atoms with van der Waals surface area (Å²) < 4.78 is 1.82. The Morgan fingerprint density at radius 3 is 2.63 bits per heavy atom. The molecule has 102 valence electrons. The van der Waals surface area contributed by atoms with E-state index < -0.39 is 0 Å². The molecule has 0 saturated carbocycles. The van der Waals surface area contributed by atoms with Gasteiger partial charge in [0.25, 0.3) is 0 Å². The second-order valence-corrected chi connectivity index (χ2v) is 5.01. The number of aromatic hydroxyl groups is 1. The number of hydrogen-bond donors (Lipinski definition) is 2. The predicted molar refractivity (Wildman–Crippen MR) is 75.9 cm³/mol. The van der Waals surface area contributed by atoms with Crippen molar-refractivity contribution >= 4 is 0 Å². The molecule has 0 fully saturated rings. The van der Waals surface area contributed by atoms with E-state index in [1.54, 1.807) is 12.1 Å². The van der Waals surface area contributed by atoms with Gasteiger partial charge in [0.05, 0.1) is 6.20 Å². The number of phenols is 1. The molecule has 2 aromatic rings. The van der Waals surface area contributed by atoms with Gasteiger partial charge in [-0.15, -0.1) is 0 Å². The summed E-state index contributed by atoms with van der Waals surface area (Å²) in [5.41, 5.74) is 2.46. The molecule has 0 radical (unpaired) electrons. The van der Waals surface area contributed by atoms with Crippen LogP contribution in [0.1, 0.15) is 24.5 Å². The summed E-state index contributed by atoms with van der Waals surface area (Å²) in [6, 6.07) is 7.88. The zero-order chi connectivity index (χ0) is 13.7. The lowest BCUT2D eigenvalue weighted by atomic mass is 10.1. The van der Waals surface area contributed by atoms with Crippen LogP contribution < -0.4 is 5.32 Å². The molecule has 1 aromatic carbocycles. The van der Waals surface area contributed by atoms with Crippen molar-refractivity contribution in [2.24, 2.45) is 7.05 Å². The molecule has 1 heterocycles. The molecule has 0 aliphatic rings. The largest absolute Gasteiger partial charge is 0.508 e. The van der Waals surface area contributed by atoms with Gasteiger partial charge in [0.1, 0.15) is 5.75 Å². The summed E-state index contributed by atoms with van der Waals surface area (Å²) >= 11 is 0. The van der Waals surface area contributed by atoms with E-state index in [0.29, 0.717) is 11.8 Å². The molecular weight excluding hydrogens is 238 g/mol. The van der Waals surface area contributed by atoms with Gasteiger partial charge in [-0.1, -0.05) is 12.1 Å². The fourth-order valence-corrected chi connectivity index (χ4v) is 2.00. The highest BCUT2D eigenvalue weighted by atomic mass is 16.3. The third-order valence-corrected chi connectivity index (χ3v) is 3.22. The zero-order valence-electron chi connectivity index (χ0n) is 11.5. The molecule has 0 amide bonds. The molecule has 0 saturated heterocycles. The van der Waals surface area contributed by atoms with E-state index in [-0.39, 0.29) is 0 Å². The molecule has 0 aliphatic heterocycles. The van der Waals surface area contributed by atoms with Gasteiger partial charge in [-0.3, -0.25) is 4.68 Å². The molecule has 19 heavy (non-hydrogen) atoms. The molecule has 1 atom stereocenters. The van der Waals surface area contributed by atoms with Crippen molar-refractivity contribution in [2.45, 2.75) is 32.4 Å². The van der Waals surface area contributed by atoms with Crippen molar-refractivity contribution in [3.63, 3.8) is 0 Å². The Balaban J connectivity index is 1.72. The third kappa shape index (κ3) is 4.41. The Morgan fingerprint density at radius 1 is 1.26 bits per heavy atom. The van der Waals surface area contributed by atoms with Crippen LogP contribution in [0.2, 0.25) is 0 Å². The number of nitrogens with zero attached hydrogens (tertiary/aromatic N) is 2. The zero-order valence-corrected chi connectivity index (χ0v) is 11.5. The molecular formula is C15H21N3O. The molecule has 0 bridgehead atoms. The van der Waals surface area contributed by atoms with Crippen molar-refractivity contribution in [2.75, 3.05) is 0 Å². The lowest BCUT2D eigenvalue weighted by Crippen LogP contribution is -2.25. The van der Waals surface area contributed by atoms with Crippen LogP contribution in [-0.2, 0) is 20.0 Å². The third-order valence-electron chi connectivity index (χ3n) is 3.22. The van der Waals surface area contributed by atoms with Gasteiger partial charge in [0.2, 0.25) is 0 Å². The van der Waals surface area contributed by atoms with Crippen LogP contribution >= 0.6 is 0 Å². The maximum Gasteiger partial charge on any atom is 0.115 e. The Bertz CT molecular complexity index is 504. The predicted octanol–water partition coefficient (Wildman–Crippen LogP) is 2.24. The van der Waals surface area contributed by atoms with Gasteiger partial charge in [-0.05, 0) is 37.5 Å². The van der Waals surface area contributed by atoms with Gasteiger partial charge in [0, 0.05) is 31.4 Å². The quantitative estimate of drug-likeness (QED) is 0.836. The van der Waals surface area contributed by atoms with Crippen LogP contribution in [0.3, 0.4) is 0 Å². The summed E-state index contributed by atoms with van der Waals surface area (Å²) in [4.78, 5) is 0. The highest BCUT2D eigenvalue weighted by Gasteiger charge is 2.03. The van der Waals surface area contributed by atoms with Gasteiger partial charge in [-0.2, -0.15) is 5.10 Å². The number of rotatable bonds is 6. The van der Waals surface area contributed by atoms with Crippen LogP contribution in [-0.4, -0.2) is 20.9 Å². The summed E-state index contributed by atoms with van der Waals surface area (Å²) in [5.74, 6) is 0.325. The van der Waals surface area contributed by atoms with Crippen molar-refractivity contribution in [1.29, 1.82) is 0 Å². The first-order valence-electron chi connectivity index (χ1n) is 6.62. The minimum absolute atomic E-state index is 0.325. The van der Waals surface area contributed by atoms with E-state index in [9.17, 15) is 5.11 Å². The highest BCUT2D eigenvalue weighted by molar-refractivity contribution is 5.25. The van der Waals surface area contributed by atoms with E-state index in [1.807, 2.05) is 36.3 Å². The van der Waals surface area contributed by atoms with Crippen LogP contribution in [0.15, 0.2) is 36.7 Å². The normalized spacial score (nSPS) is 12.5. The van der Waals surface area contributed by atoms with Crippen molar-refractivity contribution in [3.8, 4) is 5.75 Å². The molecule has 2 rings (SSSR count). The Hall–Kier alpha value is -1.81. The Kier molecular flexibility index (Phi) is 4.58. The molecule has 4 nitrogen and oxygen atoms in total. The maximum absolute atomic E-state index is 9.23. The number of benzene rings is 1. The first kappa shape index (κ1) is 13.6. The van der Waals surface area contributed by atoms with Gasteiger partial charge >= 0.3 is 0 Å². The maximum atomic E-state index is 9.23. The van der Waals surface area contributed by atoms with Gasteiger partial charge < -0.3 is 10.4 Å². The Morgan fingerprint density at radius 2 is 2.00 bits per heavy atom. The van der Waals surface area contributed by atoms with Gasteiger partial charge in [-0.25, -0.2) is 0 Å². The average Bonchev–Trinajstić information content (AvgIpc) is 2.81. The molecule has 0 aliphatic carbocycles. The second kappa shape index (κ2) is 6.38. The molecule has 1 unspecified atom stereocenters.